The van der Waals surface area contributed by atoms with Crippen molar-refractivity contribution < 1.29 is 13.0 Å². The molecule has 5 heteroatoms. The Kier molecular flexibility index (Phi) is 7.66. The quantitative estimate of drug-likeness (QED) is 0.472. The zero-order valence-corrected chi connectivity index (χ0v) is 18.4. The van der Waals surface area contributed by atoms with E-state index in [1.807, 2.05) is 12.1 Å². The first-order chi connectivity index (χ1) is 11.4. The Morgan fingerprint density at radius 2 is 1.44 bits per heavy atom. The lowest BCUT2D eigenvalue weighted by Crippen LogP contribution is -2.52. The first-order valence-corrected chi connectivity index (χ1v) is 13.2. The summed E-state index contributed by atoms with van der Waals surface area (Å²) in [6.45, 7) is 17.0. The molecule has 1 aromatic rings. The van der Waals surface area contributed by atoms with Gasteiger partial charge in [-0.1, -0.05) is 90.5 Å². The predicted octanol–water partition coefficient (Wildman–Crippen LogP) is 5.20. The van der Waals surface area contributed by atoms with E-state index in [0.29, 0.717) is 23.3 Å². The molecule has 0 saturated carbocycles. The molecule has 1 N–H and O–H groups in total. The Labute approximate surface area is 155 Å². The highest BCUT2D eigenvalue weighted by atomic mass is 32.2. The number of rotatable bonds is 9. The van der Waals surface area contributed by atoms with Gasteiger partial charge in [-0.25, -0.2) is 0 Å². The Hall–Kier alpha value is -0.913. The van der Waals surface area contributed by atoms with Gasteiger partial charge in [0.2, 0.25) is 0 Å². The molecule has 1 rings (SSSR count). The standard InChI is InChI=1S/C20H34O3SSi/c1-8-18-10-9-11-19(20(18)24(21,22)23)25(12-15(2)3,13-16(4)5)14-17(6)7/h8-11,15-17H,1,12-14H2,2-7H3,(H,21,22,23). The molecule has 0 spiro atoms. The molecule has 0 aliphatic heterocycles. The molecule has 0 heterocycles. The van der Waals surface area contributed by atoms with Gasteiger partial charge >= 0.3 is 0 Å². The topological polar surface area (TPSA) is 54.4 Å². The van der Waals surface area contributed by atoms with E-state index in [0.717, 1.165) is 23.3 Å². The summed E-state index contributed by atoms with van der Waals surface area (Å²) in [5.74, 6) is 1.43. The maximum atomic E-state index is 12.3. The van der Waals surface area contributed by atoms with Crippen molar-refractivity contribution in [2.75, 3.05) is 0 Å². The van der Waals surface area contributed by atoms with Crippen LogP contribution < -0.4 is 5.19 Å². The molecule has 0 fully saturated rings. The summed E-state index contributed by atoms with van der Waals surface area (Å²) in [6.07, 6.45) is 1.53. The second-order valence-electron chi connectivity index (χ2n) is 8.48. The van der Waals surface area contributed by atoms with Crippen LogP contribution in [-0.2, 0) is 10.1 Å². The van der Waals surface area contributed by atoms with Gasteiger partial charge < -0.3 is 0 Å². The van der Waals surface area contributed by atoms with Gasteiger partial charge in [-0.05, 0) is 28.5 Å². The van der Waals surface area contributed by atoms with Crippen molar-refractivity contribution >= 4 is 29.5 Å². The molecule has 0 aromatic heterocycles. The summed E-state index contributed by atoms with van der Waals surface area (Å²) < 4.78 is 34.5. The van der Waals surface area contributed by atoms with Crippen molar-refractivity contribution in [2.45, 2.75) is 64.6 Å². The summed E-state index contributed by atoms with van der Waals surface area (Å²) in [6, 6.07) is 8.63. The molecule has 0 amide bonds. The number of hydrogen-bond acceptors (Lipinski definition) is 2. The molecule has 0 radical (unpaired) electrons. The van der Waals surface area contributed by atoms with Gasteiger partial charge in [0.25, 0.3) is 10.1 Å². The minimum atomic E-state index is -4.30. The highest BCUT2D eigenvalue weighted by Crippen LogP contribution is 2.34. The van der Waals surface area contributed by atoms with Gasteiger partial charge in [-0.2, -0.15) is 8.42 Å². The van der Waals surface area contributed by atoms with Gasteiger partial charge in [-0.15, -0.1) is 0 Å². The first kappa shape index (κ1) is 22.1. The van der Waals surface area contributed by atoms with Crippen LogP contribution in [0.2, 0.25) is 18.1 Å². The van der Waals surface area contributed by atoms with Crippen LogP contribution >= 0.6 is 0 Å². The van der Waals surface area contributed by atoms with Gasteiger partial charge in [-0.3, -0.25) is 4.55 Å². The molecule has 0 aliphatic rings. The van der Waals surface area contributed by atoms with E-state index in [9.17, 15) is 13.0 Å². The molecule has 1 aromatic carbocycles. The zero-order valence-electron chi connectivity index (χ0n) is 16.5. The molecule has 142 valence electrons. The highest BCUT2D eigenvalue weighted by molar-refractivity contribution is 7.86. The van der Waals surface area contributed by atoms with Gasteiger partial charge in [0.15, 0.2) is 0 Å². The van der Waals surface area contributed by atoms with Crippen molar-refractivity contribution in [1.82, 2.24) is 0 Å². The molecule has 0 unspecified atom stereocenters. The zero-order chi connectivity index (χ0) is 19.4. The molecule has 0 atom stereocenters. The molecule has 3 nitrogen and oxygen atoms in total. The van der Waals surface area contributed by atoms with Crippen molar-refractivity contribution in [2.24, 2.45) is 17.8 Å². The smallest absolute Gasteiger partial charge is 0.282 e. The SMILES string of the molecule is C=Cc1cccc([Si](CC(C)C)(CC(C)C)CC(C)C)c1S(=O)(=O)O. The van der Waals surface area contributed by atoms with Gasteiger partial charge in [0, 0.05) is 0 Å². The van der Waals surface area contributed by atoms with Crippen LogP contribution in [0.5, 0.6) is 0 Å². The van der Waals surface area contributed by atoms with Crippen LogP contribution in [0.4, 0.5) is 0 Å². The van der Waals surface area contributed by atoms with E-state index < -0.39 is 18.2 Å². The maximum Gasteiger partial charge on any atom is 0.294 e. The van der Waals surface area contributed by atoms with Crippen LogP contribution in [0.15, 0.2) is 29.7 Å². The minimum absolute atomic E-state index is 0.0959. The molecule has 0 saturated heterocycles. The maximum absolute atomic E-state index is 12.3. The van der Waals surface area contributed by atoms with Crippen molar-refractivity contribution in [3.05, 3.63) is 30.3 Å². The van der Waals surface area contributed by atoms with Gasteiger partial charge in [0.05, 0.1) is 8.07 Å². The van der Waals surface area contributed by atoms with Crippen LogP contribution in [0.1, 0.15) is 47.1 Å². The Morgan fingerprint density at radius 3 is 1.76 bits per heavy atom. The molecule has 25 heavy (non-hydrogen) atoms. The van der Waals surface area contributed by atoms with Crippen LogP contribution in [0.25, 0.3) is 6.08 Å². The average molecular weight is 383 g/mol. The lowest BCUT2D eigenvalue weighted by molar-refractivity contribution is 0.483. The number of hydrogen-bond donors (Lipinski definition) is 1. The lowest BCUT2D eigenvalue weighted by atomic mass is 10.2. The summed E-state index contributed by atoms with van der Waals surface area (Å²) in [7, 11) is -6.45. The monoisotopic (exact) mass is 382 g/mol. The second-order valence-corrected chi connectivity index (χ2v) is 14.2. The highest BCUT2D eigenvalue weighted by Gasteiger charge is 2.41. The van der Waals surface area contributed by atoms with E-state index in [1.165, 1.54) is 6.08 Å². The summed E-state index contributed by atoms with van der Waals surface area (Å²) >= 11 is 0. The van der Waals surface area contributed by atoms with E-state index in [-0.39, 0.29) is 4.90 Å². The van der Waals surface area contributed by atoms with Crippen LogP contribution in [0, 0.1) is 17.8 Å². The first-order valence-electron chi connectivity index (χ1n) is 9.16. The van der Waals surface area contributed by atoms with E-state index in [4.69, 9.17) is 0 Å². The van der Waals surface area contributed by atoms with Gasteiger partial charge in [0.1, 0.15) is 4.90 Å². The van der Waals surface area contributed by atoms with E-state index in [2.05, 4.69) is 48.1 Å². The lowest BCUT2D eigenvalue weighted by Gasteiger charge is -2.38. The third-order valence-electron chi connectivity index (χ3n) is 4.49. The predicted molar refractivity (Wildman–Crippen MR) is 111 cm³/mol. The van der Waals surface area contributed by atoms with Crippen LogP contribution in [-0.4, -0.2) is 21.0 Å². The summed E-state index contributed by atoms with van der Waals surface area (Å²) in [5.41, 5.74) is 0.508. The van der Waals surface area contributed by atoms with E-state index >= 15 is 0 Å². The number of benzene rings is 1. The minimum Gasteiger partial charge on any atom is -0.282 e. The third kappa shape index (κ3) is 5.80. The second kappa shape index (κ2) is 8.65. The molecule has 0 bridgehead atoms. The fraction of sp³-hybridized carbons (Fsp3) is 0.600. The Balaban J connectivity index is 3.83. The Morgan fingerprint density at radius 1 is 1.00 bits per heavy atom. The molecular formula is C20H34O3SSi. The Bertz CT molecular complexity index is 664. The summed E-state index contributed by atoms with van der Waals surface area (Å²) in [4.78, 5) is 0.0959. The van der Waals surface area contributed by atoms with Crippen LogP contribution in [0.3, 0.4) is 0 Å². The molecular weight excluding hydrogens is 348 g/mol. The van der Waals surface area contributed by atoms with Crippen molar-refractivity contribution in [3.8, 4) is 0 Å². The normalized spacial score (nSPS) is 13.0. The van der Waals surface area contributed by atoms with Crippen molar-refractivity contribution in [1.29, 1.82) is 0 Å². The van der Waals surface area contributed by atoms with E-state index in [1.54, 1.807) is 6.07 Å². The fourth-order valence-electron chi connectivity index (χ4n) is 4.35. The largest absolute Gasteiger partial charge is 0.294 e. The average Bonchev–Trinajstić information content (AvgIpc) is 2.43. The summed E-state index contributed by atoms with van der Waals surface area (Å²) in [5, 5.41) is 0.878. The fourth-order valence-corrected chi connectivity index (χ4v) is 13.1. The van der Waals surface area contributed by atoms with Crippen molar-refractivity contribution in [3.63, 3.8) is 0 Å². The third-order valence-corrected chi connectivity index (χ3v) is 12.0. The molecule has 0 aliphatic carbocycles.